The molecule has 0 atom stereocenters. The Morgan fingerprint density at radius 1 is 0.792 bits per heavy atom. The number of hydrogen-bond acceptors (Lipinski definition) is 4. The van der Waals surface area contributed by atoms with E-state index in [2.05, 4.69) is 13.2 Å². The van der Waals surface area contributed by atoms with E-state index in [0.29, 0.717) is 23.0 Å². The van der Waals surface area contributed by atoms with Crippen molar-refractivity contribution < 1.29 is 18.9 Å². The Morgan fingerprint density at radius 2 is 1.42 bits per heavy atom. The molecule has 0 saturated heterocycles. The van der Waals surface area contributed by atoms with Crippen molar-refractivity contribution in [2.75, 3.05) is 28.4 Å². The zero-order valence-electron chi connectivity index (χ0n) is 15.5. The van der Waals surface area contributed by atoms with E-state index in [1.165, 1.54) is 7.11 Å². The minimum absolute atomic E-state index is 0.403. The quantitative estimate of drug-likeness (QED) is 0.425. The lowest BCUT2D eigenvalue weighted by Gasteiger charge is -2.12. The van der Waals surface area contributed by atoms with Crippen molar-refractivity contribution in [1.29, 1.82) is 0 Å². The van der Waals surface area contributed by atoms with Gasteiger partial charge in [0.05, 0.1) is 28.4 Å². The Labute approximate surface area is 145 Å². The number of allylic oxidation sites excluding steroid dienone is 8. The molecule has 0 radical (unpaired) electrons. The zero-order valence-corrected chi connectivity index (χ0v) is 15.5. The lowest BCUT2D eigenvalue weighted by Crippen LogP contribution is -2.00. The maximum absolute atomic E-state index is 5.36. The molecule has 0 aliphatic heterocycles. The molecule has 4 heteroatoms. The molecule has 0 bridgehead atoms. The summed E-state index contributed by atoms with van der Waals surface area (Å²) >= 11 is 0. The first-order chi connectivity index (χ1) is 11.4. The first-order valence-electron chi connectivity index (χ1n) is 7.40. The van der Waals surface area contributed by atoms with E-state index in [9.17, 15) is 0 Å². The zero-order chi connectivity index (χ0) is 18.5. The standard InChI is InChI=1S/C20H28O4/c1-9-18(22-6)13-12-15(2)10-11-16(3)14-19(23-7)20(24-8)17(4)21-5/h9-14H,1,4H2,2-3,5-8H3/b11-10+,15-12+,16-14+,18-13+,20-19-. The maximum atomic E-state index is 5.36. The summed E-state index contributed by atoms with van der Waals surface area (Å²) in [5, 5.41) is 0. The predicted octanol–water partition coefficient (Wildman–Crippen LogP) is 4.82. The second-order valence-electron chi connectivity index (χ2n) is 4.84. The van der Waals surface area contributed by atoms with Gasteiger partial charge in [-0.15, -0.1) is 0 Å². The Morgan fingerprint density at radius 3 is 1.88 bits per heavy atom. The molecule has 0 N–H and O–H groups in total. The molecule has 0 aliphatic rings. The van der Waals surface area contributed by atoms with Gasteiger partial charge in [-0.2, -0.15) is 0 Å². The van der Waals surface area contributed by atoms with Gasteiger partial charge in [0, 0.05) is 0 Å². The molecule has 0 rings (SSSR count). The van der Waals surface area contributed by atoms with Gasteiger partial charge in [-0.1, -0.05) is 37.0 Å². The molecule has 0 amide bonds. The van der Waals surface area contributed by atoms with Crippen molar-refractivity contribution in [1.82, 2.24) is 0 Å². The van der Waals surface area contributed by atoms with Crippen LogP contribution in [0.2, 0.25) is 0 Å². The van der Waals surface area contributed by atoms with Gasteiger partial charge >= 0.3 is 0 Å². The number of rotatable bonds is 10. The first kappa shape index (κ1) is 21.4. The summed E-state index contributed by atoms with van der Waals surface area (Å²) in [4.78, 5) is 0. The Bertz CT molecular complexity index is 587. The number of hydrogen-bond donors (Lipinski definition) is 0. The second-order valence-corrected chi connectivity index (χ2v) is 4.84. The molecular formula is C20H28O4. The largest absolute Gasteiger partial charge is 0.497 e. The van der Waals surface area contributed by atoms with Crippen molar-refractivity contribution in [3.8, 4) is 0 Å². The molecule has 0 unspecified atom stereocenters. The van der Waals surface area contributed by atoms with Crippen LogP contribution in [0.5, 0.6) is 0 Å². The summed E-state index contributed by atoms with van der Waals surface area (Å²) in [5.41, 5.74) is 2.05. The lowest BCUT2D eigenvalue weighted by molar-refractivity contribution is 0.192. The molecule has 24 heavy (non-hydrogen) atoms. The molecule has 132 valence electrons. The van der Waals surface area contributed by atoms with Crippen LogP contribution in [0.15, 0.2) is 83.8 Å². The van der Waals surface area contributed by atoms with E-state index in [4.69, 9.17) is 18.9 Å². The van der Waals surface area contributed by atoms with Crippen molar-refractivity contribution in [3.63, 3.8) is 0 Å². The van der Waals surface area contributed by atoms with Gasteiger partial charge in [-0.25, -0.2) is 0 Å². The summed E-state index contributed by atoms with van der Waals surface area (Å²) in [6.07, 6.45) is 11.3. The SMILES string of the molecule is C=C\C(=C/C=C(C)/C=C/C(C)=C/C(OC)=C(/OC)C(=C)OC)OC. The summed E-state index contributed by atoms with van der Waals surface area (Å²) in [5.74, 6) is 2.11. The summed E-state index contributed by atoms with van der Waals surface area (Å²) in [6, 6.07) is 0. The third-order valence-electron chi connectivity index (χ3n) is 3.06. The smallest absolute Gasteiger partial charge is 0.202 e. The van der Waals surface area contributed by atoms with Crippen LogP contribution in [-0.2, 0) is 18.9 Å². The van der Waals surface area contributed by atoms with Gasteiger partial charge in [0.2, 0.25) is 5.76 Å². The van der Waals surface area contributed by atoms with Gasteiger partial charge in [-0.3, -0.25) is 0 Å². The van der Waals surface area contributed by atoms with Crippen LogP contribution in [0.3, 0.4) is 0 Å². The molecule has 0 aliphatic carbocycles. The van der Waals surface area contributed by atoms with E-state index >= 15 is 0 Å². The van der Waals surface area contributed by atoms with Crippen molar-refractivity contribution in [2.45, 2.75) is 13.8 Å². The molecule has 0 heterocycles. The van der Waals surface area contributed by atoms with E-state index in [-0.39, 0.29) is 0 Å². The third kappa shape index (κ3) is 7.58. The van der Waals surface area contributed by atoms with Crippen LogP contribution in [-0.4, -0.2) is 28.4 Å². The first-order valence-corrected chi connectivity index (χ1v) is 7.40. The number of ether oxygens (including phenoxy) is 4. The van der Waals surface area contributed by atoms with Gasteiger partial charge in [0.15, 0.2) is 11.5 Å². The fraction of sp³-hybridized carbons (Fsp3) is 0.300. The molecule has 0 aromatic carbocycles. The topological polar surface area (TPSA) is 36.9 Å². The molecule has 0 saturated carbocycles. The fourth-order valence-corrected chi connectivity index (χ4v) is 1.67. The number of methoxy groups -OCH3 is 4. The average molecular weight is 332 g/mol. The van der Waals surface area contributed by atoms with Gasteiger partial charge in [-0.05, 0) is 37.6 Å². The highest BCUT2D eigenvalue weighted by atomic mass is 16.5. The lowest BCUT2D eigenvalue weighted by atomic mass is 10.1. The van der Waals surface area contributed by atoms with E-state index in [1.807, 2.05) is 44.2 Å². The minimum Gasteiger partial charge on any atom is -0.497 e. The van der Waals surface area contributed by atoms with Crippen LogP contribution in [0, 0.1) is 0 Å². The predicted molar refractivity (Wildman–Crippen MR) is 99.1 cm³/mol. The monoisotopic (exact) mass is 332 g/mol. The summed E-state index contributed by atoms with van der Waals surface area (Å²) in [6.45, 7) is 11.4. The normalized spacial score (nSPS) is 14.2. The Balaban J connectivity index is 5.35. The van der Waals surface area contributed by atoms with Gasteiger partial charge < -0.3 is 18.9 Å². The van der Waals surface area contributed by atoms with E-state index < -0.39 is 0 Å². The van der Waals surface area contributed by atoms with Crippen molar-refractivity contribution in [2.24, 2.45) is 0 Å². The van der Waals surface area contributed by atoms with Gasteiger partial charge in [0.1, 0.15) is 5.76 Å². The van der Waals surface area contributed by atoms with Crippen LogP contribution in [0.1, 0.15) is 13.8 Å². The maximum Gasteiger partial charge on any atom is 0.202 e. The van der Waals surface area contributed by atoms with Crippen LogP contribution in [0.25, 0.3) is 0 Å². The second kappa shape index (κ2) is 11.9. The molecule has 0 aromatic heterocycles. The van der Waals surface area contributed by atoms with Crippen molar-refractivity contribution >= 4 is 0 Å². The Kier molecular flexibility index (Phi) is 10.6. The minimum atomic E-state index is 0.403. The molecule has 0 fully saturated rings. The molecule has 0 spiro atoms. The Hall–Kier alpha value is -2.62. The van der Waals surface area contributed by atoms with E-state index in [0.717, 1.165) is 11.1 Å². The molecular weight excluding hydrogens is 304 g/mol. The summed E-state index contributed by atoms with van der Waals surface area (Å²) in [7, 11) is 6.26. The van der Waals surface area contributed by atoms with Crippen LogP contribution in [0.4, 0.5) is 0 Å². The highest BCUT2D eigenvalue weighted by Crippen LogP contribution is 2.18. The van der Waals surface area contributed by atoms with Crippen molar-refractivity contribution in [3.05, 3.63) is 83.8 Å². The fourth-order valence-electron chi connectivity index (χ4n) is 1.67. The highest BCUT2D eigenvalue weighted by Gasteiger charge is 2.10. The average Bonchev–Trinajstić information content (AvgIpc) is 2.60. The van der Waals surface area contributed by atoms with Crippen LogP contribution < -0.4 is 0 Å². The molecule has 0 aromatic rings. The highest BCUT2D eigenvalue weighted by molar-refractivity contribution is 5.35. The summed E-state index contributed by atoms with van der Waals surface area (Å²) < 4.78 is 20.9. The van der Waals surface area contributed by atoms with Gasteiger partial charge in [0.25, 0.3) is 0 Å². The third-order valence-corrected chi connectivity index (χ3v) is 3.06. The van der Waals surface area contributed by atoms with E-state index in [1.54, 1.807) is 27.4 Å². The van der Waals surface area contributed by atoms with Crippen LogP contribution >= 0.6 is 0 Å². The molecule has 4 nitrogen and oxygen atoms in total.